The number of carbonyl (C=O) groups is 4. The van der Waals surface area contributed by atoms with Gasteiger partial charge in [0.15, 0.2) is 6.10 Å². The number of nitrogens with one attached hydrogen (secondary N) is 2. The number of hydrogen-bond donors (Lipinski definition) is 2. The van der Waals surface area contributed by atoms with Gasteiger partial charge in [0.2, 0.25) is 0 Å². The van der Waals surface area contributed by atoms with Crippen LogP contribution in [-0.2, 0) is 42.7 Å². The predicted octanol–water partition coefficient (Wildman–Crippen LogP) is 11.3. The van der Waals surface area contributed by atoms with Crippen molar-refractivity contribution in [3.05, 3.63) is 0 Å². The van der Waals surface area contributed by atoms with Gasteiger partial charge >= 0.3 is 24.1 Å². The molecule has 13 nitrogen and oxygen atoms in total. The molecular weight excluding hydrogens is 781 g/mol. The molecule has 0 saturated heterocycles. The molecule has 1 unspecified atom stereocenters. The Morgan fingerprint density at radius 2 is 0.754 bits per heavy atom. The van der Waals surface area contributed by atoms with Gasteiger partial charge in [0.1, 0.15) is 19.8 Å². The van der Waals surface area contributed by atoms with Crippen LogP contribution in [0.25, 0.3) is 0 Å². The van der Waals surface area contributed by atoms with Crippen molar-refractivity contribution in [2.45, 2.75) is 213 Å². The smallest absolute Gasteiger partial charge is 0.407 e. The lowest BCUT2D eigenvalue weighted by Crippen LogP contribution is -2.34. The Bertz CT molecular complexity index is 987. The molecule has 1 atom stereocenters. The first-order chi connectivity index (χ1) is 29.9. The van der Waals surface area contributed by atoms with Gasteiger partial charge in [-0.3, -0.25) is 9.59 Å². The standard InChI is InChI=1S/C48H92N2O11/c1-4-6-8-10-12-14-16-18-20-22-24-26-28-30-32-45(51)59-42-44(61-46(52)33-31-29-27-25-23-21-19-17-15-13-11-9-7-5-2)43-60-48(54)50-35-37-57-40-39-56-36-34-49-47(53)58-41-38-55-3/h44H,4-43H2,1-3H3,(H,49,53)(H,50,54). The summed E-state index contributed by atoms with van der Waals surface area (Å²) >= 11 is 0. The highest BCUT2D eigenvalue weighted by Crippen LogP contribution is 2.15. The number of rotatable bonds is 47. The Kier molecular flexibility index (Phi) is 46.3. The van der Waals surface area contributed by atoms with Gasteiger partial charge in [-0.1, -0.05) is 181 Å². The van der Waals surface area contributed by atoms with Crippen molar-refractivity contribution in [2.24, 2.45) is 0 Å². The van der Waals surface area contributed by atoms with Crippen molar-refractivity contribution >= 4 is 24.1 Å². The van der Waals surface area contributed by atoms with Crippen LogP contribution in [0.2, 0.25) is 0 Å². The van der Waals surface area contributed by atoms with Gasteiger partial charge in [-0.15, -0.1) is 0 Å². The van der Waals surface area contributed by atoms with E-state index in [-0.39, 0.29) is 51.3 Å². The van der Waals surface area contributed by atoms with E-state index in [0.29, 0.717) is 39.4 Å². The maximum absolute atomic E-state index is 12.7. The fourth-order valence-corrected chi connectivity index (χ4v) is 6.81. The summed E-state index contributed by atoms with van der Waals surface area (Å²) in [6.07, 6.45) is 33.1. The predicted molar refractivity (Wildman–Crippen MR) is 243 cm³/mol. The van der Waals surface area contributed by atoms with E-state index in [1.807, 2.05) is 0 Å². The van der Waals surface area contributed by atoms with E-state index in [0.717, 1.165) is 38.5 Å². The van der Waals surface area contributed by atoms with Crippen molar-refractivity contribution in [3.63, 3.8) is 0 Å². The molecule has 61 heavy (non-hydrogen) atoms. The first kappa shape index (κ1) is 58.4. The lowest BCUT2D eigenvalue weighted by molar-refractivity contribution is -0.161. The molecule has 13 heteroatoms. The van der Waals surface area contributed by atoms with Crippen LogP contribution < -0.4 is 10.6 Å². The summed E-state index contributed by atoms with van der Waals surface area (Å²) in [5.74, 6) is -0.723. The third-order valence-corrected chi connectivity index (χ3v) is 10.5. The zero-order valence-electron chi connectivity index (χ0n) is 39.4. The Morgan fingerprint density at radius 3 is 1.16 bits per heavy atom. The van der Waals surface area contributed by atoms with Crippen molar-refractivity contribution in [2.75, 3.05) is 73.1 Å². The van der Waals surface area contributed by atoms with Gasteiger partial charge in [-0.05, 0) is 12.8 Å². The van der Waals surface area contributed by atoms with Gasteiger partial charge in [-0.2, -0.15) is 0 Å². The molecule has 0 aliphatic rings. The van der Waals surface area contributed by atoms with Crippen LogP contribution >= 0.6 is 0 Å². The van der Waals surface area contributed by atoms with Crippen LogP contribution in [0.5, 0.6) is 0 Å². The summed E-state index contributed by atoms with van der Waals surface area (Å²) in [5.41, 5.74) is 0. The lowest BCUT2D eigenvalue weighted by atomic mass is 10.0. The van der Waals surface area contributed by atoms with Crippen molar-refractivity contribution in [1.29, 1.82) is 0 Å². The number of esters is 2. The second-order valence-corrected chi connectivity index (χ2v) is 16.3. The molecule has 0 spiro atoms. The molecule has 0 rings (SSSR count). The molecule has 2 N–H and O–H groups in total. The fraction of sp³-hybridized carbons (Fsp3) is 0.917. The highest BCUT2D eigenvalue weighted by molar-refractivity contribution is 5.70. The SMILES string of the molecule is CCCCCCCCCCCCCCCCC(=O)OCC(COC(=O)NCCOCCOCCNC(=O)OCCOC)OC(=O)CCCCCCCCCCCCCCCC. The van der Waals surface area contributed by atoms with Crippen LogP contribution in [0.3, 0.4) is 0 Å². The van der Waals surface area contributed by atoms with E-state index in [1.54, 1.807) is 0 Å². The van der Waals surface area contributed by atoms with Crippen LogP contribution in [-0.4, -0.2) is 103 Å². The summed E-state index contributed by atoms with van der Waals surface area (Å²) in [7, 11) is 1.53. The number of carbonyl (C=O) groups excluding carboxylic acids is 4. The Labute approximate surface area is 371 Å². The molecule has 2 amide bonds. The first-order valence-corrected chi connectivity index (χ1v) is 24.7. The third-order valence-electron chi connectivity index (χ3n) is 10.5. The maximum Gasteiger partial charge on any atom is 0.407 e. The Balaban J connectivity index is 4.34. The second kappa shape index (κ2) is 48.4. The number of alkyl carbamates (subject to hydrolysis) is 2. The molecular formula is C48H92N2O11. The van der Waals surface area contributed by atoms with Gasteiger partial charge in [-0.25, -0.2) is 9.59 Å². The number of amides is 2. The Morgan fingerprint density at radius 1 is 0.393 bits per heavy atom. The van der Waals surface area contributed by atoms with Crippen LogP contribution in [0.15, 0.2) is 0 Å². The molecule has 0 radical (unpaired) electrons. The molecule has 0 bridgehead atoms. The van der Waals surface area contributed by atoms with Gasteiger partial charge in [0.25, 0.3) is 0 Å². The van der Waals surface area contributed by atoms with Crippen LogP contribution in [0.4, 0.5) is 9.59 Å². The zero-order valence-corrected chi connectivity index (χ0v) is 39.4. The van der Waals surface area contributed by atoms with E-state index in [2.05, 4.69) is 24.5 Å². The molecule has 0 fully saturated rings. The van der Waals surface area contributed by atoms with Gasteiger partial charge in [0.05, 0.1) is 33.0 Å². The van der Waals surface area contributed by atoms with Crippen LogP contribution in [0.1, 0.15) is 206 Å². The van der Waals surface area contributed by atoms with Gasteiger partial charge < -0.3 is 43.8 Å². The van der Waals surface area contributed by atoms with Crippen molar-refractivity contribution in [3.8, 4) is 0 Å². The second-order valence-electron chi connectivity index (χ2n) is 16.3. The first-order valence-electron chi connectivity index (χ1n) is 24.7. The monoisotopic (exact) mass is 873 g/mol. The molecule has 0 aromatic carbocycles. The van der Waals surface area contributed by atoms with Crippen molar-refractivity contribution < 1.29 is 52.3 Å². The van der Waals surface area contributed by atoms with Crippen molar-refractivity contribution in [1.82, 2.24) is 10.6 Å². The number of ether oxygens (including phenoxy) is 7. The van der Waals surface area contributed by atoms with Crippen LogP contribution in [0, 0.1) is 0 Å². The average molecular weight is 873 g/mol. The largest absolute Gasteiger partial charge is 0.462 e. The normalized spacial score (nSPS) is 11.6. The topological polar surface area (TPSA) is 157 Å². The highest BCUT2D eigenvalue weighted by Gasteiger charge is 2.19. The lowest BCUT2D eigenvalue weighted by Gasteiger charge is -2.18. The summed E-state index contributed by atoms with van der Waals surface area (Å²) < 4.78 is 37.0. The summed E-state index contributed by atoms with van der Waals surface area (Å²) in [5, 5.41) is 5.17. The summed E-state index contributed by atoms with van der Waals surface area (Å²) in [4.78, 5) is 49.1. The molecule has 0 aromatic rings. The number of hydrogen-bond acceptors (Lipinski definition) is 11. The zero-order chi connectivity index (χ0) is 44.5. The minimum absolute atomic E-state index is 0.164. The minimum Gasteiger partial charge on any atom is -0.462 e. The molecule has 0 aliphatic heterocycles. The quantitative estimate of drug-likeness (QED) is 0.0341. The van der Waals surface area contributed by atoms with Gasteiger partial charge in [0, 0.05) is 33.0 Å². The molecule has 0 heterocycles. The minimum atomic E-state index is -0.889. The van der Waals surface area contributed by atoms with E-state index in [1.165, 1.54) is 148 Å². The fourth-order valence-electron chi connectivity index (χ4n) is 6.81. The third kappa shape index (κ3) is 46.7. The number of methoxy groups -OCH3 is 1. The molecule has 0 aliphatic carbocycles. The number of unbranched alkanes of at least 4 members (excludes halogenated alkanes) is 26. The molecule has 0 aromatic heterocycles. The maximum atomic E-state index is 12.7. The summed E-state index contributed by atoms with van der Waals surface area (Å²) in [6.45, 7) is 6.28. The van der Waals surface area contributed by atoms with E-state index in [4.69, 9.17) is 33.2 Å². The summed E-state index contributed by atoms with van der Waals surface area (Å²) in [6, 6.07) is 0. The highest BCUT2D eigenvalue weighted by atomic mass is 16.6. The van der Waals surface area contributed by atoms with E-state index < -0.39 is 18.3 Å². The average Bonchev–Trinajstić information content (AvgIpc) is 3.25. The molecule has 360 valence electrons. The Hall–Kier alpha value is -2.64. The molecule has 0 saturated carbocycles. The van der Waals surface area contributed by atoms with E-state index >= 15 is 0 Å². The van der Waals surface area contributed by atoms with E-state index in [9.17, 15) is 19.2 Å².